The van der Waals surface area contributed by atoms with Crippen molar-refractivity contribution in [1.29, 1.82) is 0 Å². The first-order valence-electron chi connectivity index (χ1n) is 8.30. The minimum absolute atomic E-state index is 0.225. The van der Waals surface area contributed by atoms with Crippen molar-refractivity contribution in [2.24, 2.45) is 0 Å². The molecule has 2 rings (SSSR count). The lowest BCUT2D eigenvalue weighted by Crippen LogP contribution is -2.32. The Bertz CT molecular complexity index is 679. The molecule has 4 nitrogen and oxygen atoms in total. The highest BCUT2D eigenvalue weighted by atomic mass is 16.5. The van der Waals surface area contributed by atoms with E-state index in [0.717, 1.165) is 17.0 Å². The summed E-state index contributed by atoms with van der Waals surface area (Å²) in [5.41, 5.74) is 4.35. The maximum absolute atomic E-state index is 11.9. The molecular weight excluding hydrogens is 300 g/mol. The summed E-state index contributed by atoms with van der Waals surface area (Å²) in [5.74, 6) is 1.34. The van der Waals surface area contributed by atoms with Gasteiger partial charge in [0.2, 0.25) is 0 Å². The number of benzene rings is 2. The number of carbonyl (C=O) groups excluding carboxylic acids is 1. The SMILES string of the molecule is Cc1ccc(OCCNC(=O)Nc2ccc(C(C)C)cc2)c(C)c1. The third-order valence-electron chi connectivity index (χ3n) is 3.81. The smallest absolute Gasteiger partial charge is 0.319 e. The summed E-state index contributed by atoms with van der Waals surface area (Å²) in [4.78, 5) is 11.9. The van der Waals surface area contributed by atoms with E-state index < -0.39 is 0 Å². The van der Waals surface area contributed by atoms with Gasteiger partial charge in [-0.25, -0.2) is 4.79 Å². The van der Waals surface area contributed by atoms with Gasteiger partial charge < -0.3 is 15.4 Å². The standard InChI is InChI=1S/C20H26N2O2/c1-14(2)17-6-8-18(9-7-17)22-20(23)21-11-12-24-19-10-5-15(3)13-16(19)4/h5-10,13-14H,11-12H2,1-4H3,(H2,21,22,23). The van der Waals surface area contributed by atoms with Crippen LogP contribution in [-0.4, -0.2) is 19.2 Å². The quantitative estimate of drug-likeness (QED) is 0.761. The molecule has 0 bridgehead atoms. The highest BCUT2D eigenvalue weighted by Gasteiger charge is 2.04. The molecule has 24 heavy (non-hydrogen) atoms. The third kappa shape index (κ3) is 5.30. The first kappa shape index (κ1) is 17.9. The lowest BCUT2D eigenvalue weighted by Gasteiger charge is -2.11. The van der Waals surface area contributed by atoms with Gasteiger partial charge in [-0.2, -0.15) is 0 Å². The van der Waals surface area contributed by atoms with Gasteiger partial charge in [0.05, 0.1) is 6.54 Å². The number of nitrogens with one attached hydrogen (secondary N) is 2. The van der Waals surface area contributed by atoms with Crippen LogP contribution >= 0.6 is 0 Å². The second-order valence-corrected chi connectivity index (χ2v) is 6.28. The van der Waals surface area contributed by atoms with Crippen molar-refractivity contribution < 1.29 is 9.53 Å². The van der Waals surface area contributed by atoms with Crippen LogP contribution in [0.3, 0.4) is 0 Å². The molecular formula is C20H26N2O2. The van der Waals surface area contributed by atoms with Crippen molar-refractivity contribution in [2.75, 3.05) is 18.5 Å². The summed E-state index contributed by atoms with van der Waals surface area (Å²) in [7, 11) is 0. The van der Waals surface area contributed by atoms with Crippen LogP contribution in [0.25, 0.3) is 0 Å². The molecule has 0 spiro atoms. The molecule has 0 fully saturated rings. The normalized spacial score (nSPS) is 10.5. The molecule has 0 aromatic heterocycles. The van der Waals surface area contributed by atoms with Crippen LogP contribution < -0.4 is 15.4 Å². The maximum Gasteiger partial charge on any atom is 0.319 e. The van der Waals surface area contributed by atoms with Crippen molar-refractivity contribution in [2.45, 2.75) is 33.6 Å². The Kier molecular flexibility index (Phi) is 6.24. The van der Waals surface area contributed by atoms with E-state index in [1.807, 2.05) is 43.3 Å². The molecule has 4 heteroatoms. The molecule has 2 aromatic carbocycles. The Hall–Kier alpha value is -2.49. The van der Waals surface area contributed by atoms with E-state index in [1.54, 1.807) is 0 Å². The van der Waals surface area contributed by atoms with E-state index in [0.29, 0.717) is 19.1 Å². The van der Waals surface area contributed by atoms with E-state index in [-0.39, 0.29) is 6.03 Å². The zero-order chi connectivity index (χ0) is 17.5. The third-order valence-corrected chi connectivity index (χ3v) is 3.81. The van der Waals surface area contributed by atoms with E-state index in [9.17, 15) is 4.79 Å². The fraction of sp³-hybridized carbons (Fsp3) is 0.350. The summed E-state index contributed by atoms with van der Waals surface area (Å²) in [6, 6.07) is 13.7. The van der Waals surface area contributed by atoms with Gasteiger partial charge in [0, 0.05) is 5.69 Å². The molecule has 0 aliphatic rings. The lowest BCUT2D eigenvalue weighted by molar-refractivity contribution is 0.247. The fourth-order valence-electron chi connectivity index (χ4n) is 2.41. The molecule has 0 saturated carbocycles. The first-order chi connectivity index (χ1) is 11.5. The van der Waals surface area contributed by atoms with E-state index in [1.165, 1.54) is 11.1 Å². The Labute approximate surface area is 144 Å². The van der Waals surface area contributed by atoms with Gasteiger partial charge in [-0.1, -0.05) is 43.7 Å². The van der Waals surface area contributed by atoms with Gasteiger partial charge in [-0.05, 0) is 49.1 Å². The van der Waals surface area contributed by atoms with Crippen molar-refractivity contribution in [3.8, 4) is 5.75 Å². The monoisotopic (exact) mass is 326 g/mol. The Morgan fingerprint density at radius 1 is 1.08 bits per heavy atom. The van der Waals surface area contributed by atoms with E-state index in [2.05, 4.69) is 37.5 Å². The van der Waals surface area contributed by atoms with Crippen LogP contribution in [0.5, 0.6) is 5.75 Å². The van der Waals surface area contributed by atoms with Crippen molar-refractivity contribution in [1.82, 2.24) is 5.32 Å². The van der Waals surface area contributed by atoms with Crippen molar-refractivity contribution in [3.63, 3.8) is 0 Å². The zero-order valence-corrected chi connectivity index (χ0v) is 14.8. The summed E-state index contributed by atoms with van der Waals surface area (Å²) in [6.07, 6.45) is 0. The van der Waals surface area contributed by atoms with E-state index >= 15 is 0 Å². The molecule has 2 amide bonds. The summed E-state index contributed by atoms with van der Waals surface area (Å²) in [6.45, 7) is 9.24. The predicted molar refractivity (Wildman–Crippen MR) is 99.0 cm³/mol. The number of hydrogen-bond donors (Lipinski definition) is 2. The van der Waals surface area contributed by atoms with Gasteiger partial charge in [-0.15, -0.1) is 0 Å². The van der Waals surface area contributed by atoms with Crippen LogP contribution in [0, 0.1) is 13.8 Å². The van der Waals surface area contributed by atoms with Gasteiger partial charge in [0.25, 0.3) is 0 Å². The predicted octanol–water partition coefficient (Wildman–Crippen LogP) is 4.63. The van der Waals surface area contributed by atoms with Gasteiger partial charge in [0.15, 0.2) is 0 Å². The number of hydrogen-bond acceptors (Lipinski definition) is 2. The minimum Gasteiger partial charge on any atom is -0.491 e. The minimum atomic E-state index is -0.225. The average Bonchev–Trinajstić information content (AvgIpc) is 2.53. The number of rotatable bonds is 6. The summed E-state index contributed by atoms with van der Waals surface area (Å²) >= 11 is 0. The summed E-state index contributed by atoms with van der Waals surface area (Å²) < 4.78 is 5.69. The molecule has 0 aliphatic carbocycles. The fourth-order valence-corrected chi connectivity index (χ4v) is 2.41. The number of amides is 2. The second-order valence-electron chi connectivity index (χ2n) is 6.28. The number of ether oxygens (including phenoxy) is 1. The molecule has 2 aromatic rings. The molecule has 0 aliphatic heterocycles. The van der Waals surface area contributed by atoms with Gasteiger partial charge in [0.1, 0.15) is 12.4 Å². The topological polar surface area (TPSA) is 50.4 Å². The van der Waals surface area contributed by atoms with Gasteiger partial charge in [-0.3, -0.25) is 0 Å². The largest absolute Gasteiger partial charge is 0.491 e. The van der Waals surface area contributed by atoms with E-state index in [4.69, 9.17) is 4.74 Å². The van der Waals surface area contributed by atoms with Crippen LogP contribution in [0.4, 0.5) is 10.5 Å². The number of anilines is 1. The number of urea groups is 1. The van der Waals surface area contributed by atoms with Crippen molar-refractivity contribution in [3.05, 3.63) is 59.2 Å². The molecule has 0 radical (unpaired) electrons. The molecule has 0 atom stereocenters. The molecule has 0 saturated heterocycles. The van der Waals surface area contributed by atoms with Crippen molar-refractivity contribution >= 4 is 11.7 Å². The highest BCUT2D eigenvalue weighted by Crippen LogP contribution is 2.18. The van der Waals surface area contributed by atoms with Crippen LogP contribution in [0.15, 0.2) is 42.5 Å². The highest BCUT2D eigenvalue weighted by molar-refractivity contribution is 5.89. The maximum atomic E-state index is 11.9. The molecule has 128 valence electrons. The summed E-state index contributed by atoms with van der Waals surface area (Å²) in [5, 5.41) is 5.61. The molecule has 0 unspecified atom stereocenters. The first-order valence-corrected chi connectivity index (χ1v) is 8.30. The Morgan fingerprint density at radius 2 is 1.79 bits per heavy atom. The zero-order valence-electron chi connectivity index (χ0n) is 14.8. The lowest BCUT2D eigenvalue weighted by atomic mass is 10.0. The van der Waals surface area contributed by atoms with Crippen LogP contribution in [-0.2, 0) is 0 Å². The second kappa shape index (κ2) is 8.39. The Balaban J connectivity index is 1.73. The van der Waals surface area contributed by atoms with Crippen LogP contribution in [0.2, 0.25) is 0 Å². The number of aryl methyl sites for hydroxylation is 2. The van der Waals surface area contributed by atoms with Gasteiger partial charge >= 0.3 is 6.03 Å². The molecule has 0 heterocycles. The molecule has 2 N–H and O–H groups in total. The number of carbonyl (C=O) groups is 1. The average molecular weight is 326 g/mol. The Morgan fingerprint density at radius 3 is 2.42 bits per heavy atom. The van der Waals surface area contributed by atoms with Crippen LogP contribution in [0.1, 0.15) is 36.5 Å².